The minimum Gasteiger partial charge on any atom is -0.366 e. The van der Waals surface area contributed by atoms with Crippen LogP contribution in [0.4, 0.5) is 0 Å². The number of primary amides is 1. The smallest absolute Gasteiger partial charge is 0.248 e. The molecule has 1 fully saturated rings. The maximum atomic E-state index is 11.5. The van der Waals surface area contributed by atoms with Gasteiger partial charge in [-0.2, -0.15) is 0 Å². The van der Waals surface area contributed by atoms with Gasteiger partial charge in [-0.3, -0.25) is 9.69 Å². The van der Waals surface area contributed by atoms with E-state index in [4.69, 9.17) is 5.73 Å². The monoisotopic (exact) mass is 449 g/mol. The van der Waals surface area contributed by atoms with Gasteiger partial charge < -0.3 is 10.6 Å². The number of hydrogen-bond acceptors (Lipinski definition) is 3. The van der Waals surface area contributed by atoms with E-state index in [2.05, 4.69) is 76.5 Å². The predicted molar refractivity (Wildman–Crippen MR) is 140 cm³/mol. The number of carbonyl (C=O) groups is 1. The largest absolute Gasteiger partial charge is 0.366 e. The van der Waals surface area contributed by atoms with Crippen molar-refractivity contribution in [3.05, 3.63) is 108 Å². The van der Waals surface area contributed by atoms with Crippen molar-refractivity contribution in [2.24, 2.45) is 5.73 Å². The highest BCUT2D eigenvalue weighted by atomic mass is 16.1. The van der Waals surface area contributed by atoms with E-state index in [0.717, 1.165) is 56.8 Å². The molecule has 0 aliphatic carbocycles. The van der Waals surface area contributed by atoms with Crippen LogP contribution in [0.25, 0.3) is 21.9 Å². The first-order valence-corrected chi connectivity index (χ1v) is 12.1. The van der Waals surface area contributed by atoms with Crippen LogP contribution in [-0.4, -0.2) is 48.4 Å². The Bertz CT molecular complexity index is 1290. The van der Waals surface area contributed by atoms with E-state index in [1.165, 1.54) is 21.9 Å². The summed E-state index contributed by atoms with van der Waals surface area (Å²) in [5, 5.41) is 2.64. The third-order valence-corrected chi connectivity index (χ3v) is 6.81. The fourth-order valence-corrected chi connectivity index (χ4v) is 4.81. The summed E-state index contributed by atoms with van der Waals surface area (Å²) in [6.45, 7) is 6.43. The Morgan fingerprint density at radius 1 is 0.676 bits per heavy atom. The van der Waals surface area contributed by atoms with Crippen LogP contribution in [0.15, 0.2) is 91.0 Å². The van der Waals surface area contributed by atoms with Gasteiger partial charge in [-0.25, -0.2) is 0 Å². The lowest BCUT2D eigenvalue weighted by Gasteiger charge is -2.34. The molecule has 0 atom stereocenters. The number of piperazine rings is 1. The molecule has 0 spiro atoms. The van der Waals surface area contributed by atoms with Crippen molar-refractivity contribution in [1.29, 1.82) is 0 Å². The Labute approximate surface area is 201 Å². The Kier molecular flexibility index (Phi) is 6.70. The van der Waals surface area contributed by atoms with Crippen molar-refractivity contribution < 1.29 is 4.79 Å². The third kappa shape index (κ3) is 5.36. The first-order valence-electron chi connectivity index (χ1n) is 12.1. The van der Waals surface area contributed by atoms with Crippen LogP contribution in [0.1, 0.15) is 21.5 Å². The summed E-state index contributed by atoms with van der Waals surface area (Å²) in [6.07, 6.45) is 1.09. The maximum Gasteiger partial charge on any atom is 0.248 e. The van der Waals surface area contributed by atoms with Crippen LogP contribution >= 0.6 is 0 Å². The van der Waals surface area contributed by atoms with E-state index in [1.54, 1.807) is 6.07 Å². The zero-order valence-electron chi connectivity index (χ0n) is 19.5. The van der Waals surface area contributed by atoms with Crippen LogP contribution in [0, 0.1) is 0 Å². The SMILES string of the molecule is NC(=O)c1cccc(-c2cccc(CN3CCN(CCc4ccc5ccccc5c4)CC3)c2)c1. The zero-order valence-corrected chi connectivity index (χ0v) is 19.5. The van der Waals surface area contributed by atoms with Crippen LogP contribution in [0.5, 0.6) is 0 Å². The molecule has 4 aromatic carbocycles. The van der Waals surface area contributed by atoms with E-state index >= 15 is 0 Å². The average Bonchev–Trinajstić information content (AvgIpc) is 2.88. The lowest BCUT2D eigenvalue weighted by Crippen LogP contribution is -2.46. The molecule has 0 radical (unpaired) electrons. The number of hydrogen-bond donors (Lipinski definition) is 1. The molecule has 172 valence electrons. The van der Waals surface area contributed by atoms with Gasteiger partial charge in [0.15, 0.2) is 0 Å². The fraction of sp³-hybridized carbons (Fsp3) is 0.233. The van der Waals surface area contributed by atoms with Gasteiger partial charge in [-0.1, -0.05) is 72.8 Å². The molecular weight excluding hydrogens is 418 g/mol. The summed E-state index contributed by atoms with van der Waals surface area (Å²) >= 11 is 0. The van der Waals surface area contributed by atoms with Gasteiger partial charge in [0, 0.05) is 44.8 Å². The Morgan fingerprint density at radius 2 is 1.38 bits per heavy atom. The first-order chi connectivity index (χ1) is 16.6. The van der Waals surface area contributed by atoms with Crippen molar-refractivity contribution in [3.63, 3.8) is 0 Å². The second kappa shape index (κ2) is 10.2. The molecule has 1 aliphatic heterocycles. The number of rotatable bonds is 7. The van der Waals surface area contributed by atoms with E-state index in [1.807, 2.05) is 18.2 Å². The summed E-state index contributed by atoms with van der Waals surface area (Å²) in [6, 6.07) is 31.6. The Morgan fingerprint density at radius 3 is 2.18 bits per heavy atom. The second-order valence-electron chi connectivity index (χ2n) is 9.19. The molecule has 34 heavy (non-hydrogen) atoms. The normalized spacial score (nSPS) is 14.9. The topological polar surface area (TPSA) is 49.6 Å². The molecule has 1 heterocycles. The molecule has 1 saturated heterocycles. The van der Waals surface area contributed by atoms with Gasteiger partial charge in [0.1, 0.15) is 0 Å². The van der Waals surface area contributed by atoms with Gasteiger partial charge >= 0.3 is 0 Å². The van der Waals surface area contributed by atoms with Crippen LogP contribution in [0.2, 0.25) is 0 Å². The Hall–Kier alpha value is -3.47. The molecular formula is C30H31N3O. The van der Waals surface area contributed by atoms with E-state index in [-0.39, 0.29) is 0 Å². The number of nitrogens with two attached hydrogens (primary N) is 1. The number of fused-ring (bicyclic) bond motifs is 1. The van der Waals surface area contributed by atoms with Crippen LogP contribution in [-0.2, 0) is 13.0 Å². The first kappa shape index (κ1) is 22.3. The van der Waals surface area contributed by atoms with Gasteiger partial charge in [-0.15, -0.1) is 0 Å². The van der Waals surface area contributed by atoms with Crippen LogP contribution in [0.3, 0.4) is 0 Å². The van der Waals surface area contributed by atoms with E-state index in [9.17, 15) is 4.79 Å². The van der Waals surface area contributed by atoms with Crippen molar-refractivity contribution in [2.75, 3.05) is 32.7 Å². The fourth-order valence-electron chi connectivity index (χ4n) is 4.81. The summed E-state index contributed by atoms with van der Waals surface area (Å²) in [5.74, 6) is -0.392. The summed E-state index contributed by atoms with van der Waals surface area (Å²) in [4.78, 5) is 16.6. The molecule has 0 aromatic heterocycles. The van der Waals surface area contributed by atoms with E-state index < -0.39 is 5.91 Å². The molecule has 1 amide bonds. The lowest BCUT2D eigenvalue weighted by atomic mass is 10.0. The standard InChI is InChI=1S/C30H31N3O/c31-30(34)29-10-4-9-28(21-29)27-8-3-5-24(20-27)22-33-17-15-32(16-18-33)14-13-23-11-12-25-6-1-2-7-26(25)19-23/h1-12,19-21H,13-18,22H2,(H2,31,34). The Balaban J connectivity index is 1.14. The third-order valence-electron chi connectivity index (χ3n) is 6.81. The van der Waals surface area contributed by atoms with Crippen LogP contribution < -0.4 is 5.73 Å². The number of amides is 1. The van der Waals surface area contributed by atoms with Crippen molar-refractivity contribution in [2.45, 2.75) is 13.0 Å². The van der Waals surface area contributed by atoms with Gasteiger partial charge in [-0.05, 0) is 57.6 Å². The molecule has 4 heteroatoms. The van der Waals surface area contributed by atoms with Crippen molar-refractivity contribution >= 4 is 16.7 Å². The highest BCUT2D eigenvalue weighted by molar-refractivity contribution is 5.94. The quantitative estimate of drug-likeness (QED) is 0.434. The number of benzene rings is 4. The van der Waals surface area contributed by atoms with Crippen molar-refractivity contribution in [1.82, 2.24) is 9.80 Å². The lowest BCUT2D eigenvalue weighted by molar-refractivity contribution is 0.100. The summed E-state index contributed by atoms with van der Waals surface area (Å²) in [5.41, 5.74) is 10.9. The highest BCUT2D eigenvalue weighted by Gasteiger charge is 2.17. The summed E-state index contributed by atoms with van der Waals surface area (Å²) in [7, 11) is 0. The van der Waals surface area contributed by atoms with Gasteiger partial charge in [0.05, 0.1) is 0 Å². The molecule has 4 aromatic rings. The van der Waals surface area contributed by atoms with Gasteiger partial charge in [0.2, 0.25) is 5.91 Å². The molecule has 0 bridgehead atoms. The zero-order chi connectivity index (χ0) is 23.3. The predicted octanol–water partition coefficient (Wildman–Crippen LogP) is 4.97. The maximum absolute atomic E-state index is 11.5. The molecule has 0 saturated carbocycles. The molecule has 1 aliphatic rings. The molecule has 2 N–H and O–H groups in total. The summed E-state index contributed by atoms with van der Waals surface area (Å²) < 4.78 is 0. The molecule has 0 unspecified atom stereocenters. The van der Waals surface area contributed by atoms with Crippen molar-refractivity contribution in [3.8, 4) is 11.1 Å². The number of carbonyl (C=O) groups excluding carboxylic acids is 1. The molecule has 5 rings (SSSR count). The highest BCUT2D eigenvalue weighted by Crippen LogP contribution is 2.23. The number of nitrogens with zero attached hydrogens (tertiary/aromatic N) is 2. The molecule has 4 nitrogen and oxygen atoms in total. The minimum absolute atomic E-state index is 0.392. The average molecular weight is 450 g/mol. The van der Waals surface area contributed by atoms with E-state index in [0.29, 0.717) is 5.56 Å². The minimum atomic E-state index is -0.392. The second-order valence-corrected chi connectivity index (χ2v) is 9.19. The van der Waals surface area contributed by atoms with Gasteiger partial charge in [0.25, 0.3) is 0 Å².